The summed E-state index contributed by atoms with van der Waals surface area (Å²) < 4.78 is 24.5. The minimum absolute atomic E-state index is 0.150. The molecule has 1 aliphatic rings. The number of rotatable bonds is 5. The Morgan fingerprint density at radius 3 is 2.90 bits per heavy atom. The van der Waals surface area contributed by atoms with Gasteiger partial charge in [0.25, 0.3) is 0 Å². The molecule has 0 spiro atoms. The zero-order valence-electron chi connectivity index (χ0n) is 11.8. The molecule has 4 nitrogen and oxygen atoms in total. The van der Waals surface area contributed by atoms with Crippen molar-refractivity contribution in [3.8, 4) is 6.07 Å². The Morgan fingerprint density at radius 1 is 1.45 bits per heavy atom. The van der Waals surface area contributed by atoms with Gasteiger partial charge >= 0.3 is 0 Å². The van der Waals surface area contributed by atoms with Crippen molar-refractivity contribution in [1.29, 1.82) is 5.26 Å². The van der Waals surface area contributed by atoms with Crippen LogP contribution in [0.15, 0.2) is 18.2 Å². The maximum absolute atomic E-state index is 13.9. The topological polar surface area (TPSA) is 45.5 Å². The summed E-state index contributed by atoms with van der Waals surface area (Å²) in [5.74, 6) is -0.277. The monoisotopic (exact) mass is 278 g/mol. The predicted octanol–water partition coefficient (Wildman–Crippen LogP) is 1.93. The van der Waals surface area contributed by atoms with Gasteiger partial charge in [-0.25, -0.2) is 4.39 Å². The van der Waals surface area contributed by atoms with Gasteiger partial charge in [0, 0.05) is 38.9 Å². The highest BCUT2D eigenvalue weighted by Gasteiger charge is 2.32. The molecule has 1 aliphatic heterocycles. The molecule has 0 aliphatic carbocycles. The van der Waals surface area contributed by atoms with E-state index in [-0.39, 0.29) is 18.0 Å². The minimum Gasteiger partial charge on any atom is -0.383 e. The molecule has 0 radical (unpaired) electrons. The molecule has 2 atom stereocenters. The number of methoxy groups -OCH3 is 2. The van der Waals surface area contributed by atoms with Crippen molar-refractivity contribution in [2.45, 2.75) is 25.1 Å². The maximum Gasteiger partial charge on any atom is 0.127 e. The second-order valence-electron chi connectivity index (χ2n) is 5.05. The van der Waals surface area contributed by atoms with Crippen LogP contribution in [0.3, 0.4) is 0 Å². The molecule has 1 fully saturated rings. The van der Waals surface area contributed by atoms with Crippen LogP contribution in [0.1, 0.15) is 17.5 Å². The van der Waals surface area contributed by atoms with Gasteiger partial charge in [0.15, 0.2) is 0 Å². The van der Waals surface area contributed by atoms with E-state index in [1.54, 1.807) is 20.3 Å². The average molecular weight is 278 g/mol. The normalized spacial score (nSPS) is 22.9. The summed E-state index contributed by atoms with van der Waals surface area (Å²) in [6.07, 6.45) is 1.03. The van der Waals surface area contributed by atoms with Gasteiger partial charge in [0.05, 0.1) is 24.3 Å². The van der Waals surface area contributed by atoms with Crippen molar-refractivity contribution in [1.82, 2.24) is 4.90 Å². The fraction of sp³-hybridized carbons (Fsp3) is 0.533. The zero-order valence-corrected chi connectivity index (χ0v) is 11.8. The molecule has 1 aromatic carbocycles. The quantitative estimate of drug-likeness (QED) is 0.825. The lowest BCUT2D eigenvalue weighted by Crippen LogP contribution is -2.32. The lowest BCUT2D eigenvalue weighted by molar-refractivity contribution is 0.105. The first-order chi connectivity index (χ1) is 9.67. The number of likely N-dealkylation sites (tertiary alicyclic amines) is 1. The van der Waals surface area contributed by atoms with Crippen LogP contribution >= 0.6 is 0 Å². The van der Waals surface area contributed by atoms with Crippen LogP contribution in [-0.4, -0.2) is 44.4 Å². The summed E-state index contributed by atoms with van der Waals surface area (Å²) in [4.78, 5) is 2.15. The number of hydrogen-bond donors (Lipinski definition) is 0. The summed E-state index contributed by atoms with van der Waals surface area (Å²) in [7, 11) is 3.35. The largest absolute Gasteiger partial charge is 0.383 e. The highest BCUT2D eigenvalue weighted by atomic mass is 19.1. The third-order valence-electron chi connectivity index (χ3n) is 3.73. The number of nitrogens with zero attached hydrogens (tertiary/aromatic N) is 2. The number of halogens is 1. The molecule has 0 amide bonds. The van der Waals surface area contributed by atoms with Crippen molar-refractivity contribution in [3.63, 3.8) is 0 Å². The van der Waals surface area contributed by atoms with E-state index < -0.39 is 0 Å². The standard InChI is InChI=1S/C15H19FN2O2/c1-19-10-13-6-14(20-2)9-18(13)8-12-5-11(7-17)3-4-15(12)16/h3-5,13-14H,6,8-10H2,1-2H3/t13-,14-/m0/s1. The zero-order chi connectivity index (χ0) is 14.5. The minimum atomic E-state index is -0.277. The van der Waals surface area contributed by atoms with Crippen LogP contribution < -0.4 is 0 Å². The fourth-order valence-corrected chi connectivity index (χ4v) is 2.65. The Balaban J connectivity index is 2.13. The van der Waals surface area contributed by atoms with Crippen molar-refractivity contribution >= 4 is 0 Å². The van der Waals surface area contributed by atoms with Crippen LogP contribution in [0.4, 0.5) is 4.39 Å². The smallest absolute Gasteiger partial charge is 0.127 e. The molecular weight excluding hydrogens is 259 g/mol. The van der Waals surface area contributed by atoms with E-state index in [0.29, 0.717) is 24.3 Å². The molecule has 0 aromatic heterocycles. The molecule has 0 bridgehead atoms. The van der Waals surface area contributed by atoms with E-state index in [2.05, 4.69) is 4.90 Å². The molecule has 1 heterocycles. The highest BCUT2D eigenvalue weighted by Crippen LogP contribution is 2.24. The van der Waals surface area contributed by atoms with Crippen LogP contribution in [-0.2, 0) is 16.0 Å². The Hall–Kier alpha value is -1.48. The van der Waals surface area contributed by atoms with Gasteiger partial charge in [-0.05, 0) is 24.6 Å². The van der Waals surface area contributed by atoms with E-state index in [4.69, 9.17) is 14.7 Å². The van der Waals surface area contributed by atoms with Gasteiger partial charge in [-0.3, -0.25) is 4.90 Å². The Morgan fingerprint density at radius 2 is 2.25 bits per heavy atom. The van der Waals surface area contributed by atoms with Crippen molar-refractivity contribution in [3.05, 3.63) is 35.1 Å². The van der Waals surface area contributed by atoms with Gasteiger partial charge in [-0.15, -0.1) is 0 Å². The number of benzene rings is 1. The summed E-state index contributed by atoms with van der Waals surface area (Å²) in [6, 6.07) is 6.71. The molecular formula is C15H19FN2O2. The van der Waals surface area contributed by atoms with Gasteiger partial charge in [0.2, 0.25) is 0 Å². The number of ether oxygens (including phenoxy) is 2. The molecule has 2 rings (SSSR count). The van der Waals surface area contributed by atoms with E-state index in [1.807, 2.05) is 6.07 Å². The fourth-order valence-electron chi connectivity index (χ4n) is 2.65. The Bertz CT molecular complexity index is 501. The lowest BCUT2D eigenvalue weighted by Gasteiger charge is -2.23. The maximum atomic E-state index is 13.9. The highest BCUT2D eigenvalue weighted by molar-refractivity contribution is 5.33. The van der Waals surface area contributed by atoms with Crippen molar-refractivity contribution in [2.24, 2.45) is 0 Å². The van der Waals surface area contributed by atoms with E-state index in [1.165, 1.54) is 12.1 Å². The van der Waals surface area contributed by atoms with Gasteiger partial charge < -0.3 is 9.47 Å². The van der Waals surface area contributed by atoms with Gasteiger partial charge in [0.1, 0.15) is 5.82 Å². The Kier molecular flexibility index (Phi) is 5.07. The van der Waals surface area contributed by atoms with E-state index in [9.17, 15) is 4.39 Å². The van der Waals surface area contributed by atoms with Crippen molar-refractivity contribution < 1.29 is 13.9 Å². The molecule has 108 valence electrons. The van der Waals surface area contributed by atoms with E-state index >= 15 is 0 Å². The SMILES string of the molecule is COC[C@@H]1C[C@H](OC)CN1Cc1cc(C#N)ccc1F. The van der Waals surface area contributed by atoms with Crippen LogP contribution in [0, 0.1) is 17.1 Å². The van der Waals surface area contributed by atoms with Crippen LogP contribution in [0.2, 0.25) is 0 Å². The second kappa shape index (κ2) is 6.80. The summed E-state index contributed by atoms with van der Waals surface area (Å²) in [6.45, 7) is 1.81. The second-order valence-corrected chi connectivity index (χ2v) is 5.05. The van der Waals surface area contributed by atoms with Gasteiger partial charge in [-0.2, -0.15) is 5.26 Å². The first-order valence-electron chi connectivity index (χ1n) is 6.62. The number of nitriles is 1. The molecule has 1 aromatic rings. The third kappa shape index (κ3) is 3.34. The molecule has 1 saturated heterocycles. The number of hydrogen-bond acceptors (Lipinski definition) is 4. The van der Waals surface area contributed by atoms with Crippen LogP contribution in [0.25, 0.3) is 0 Å². The molecule has 5 heteroatoms. The summed E-state index contributed by atoms with van der Waals surface area (Å²) >= 11 is 0. The van der Waals surface area contributed by atoms with E-state index in [0.717, 1.165) is 13.0 Å². The summed E-state index contributed by atoms with van der Waals surface area (Å²) in [5.41, 5.74) is 1.02. The van der Waals surface area contributed by atoms with Crippen LogP contribution in [0.5, 0.6) is 0 Å². The molecule has 0 unspecified atom stereocenters. The Labute approximate surface area is 118 Å². The average Bonchev–Trinajstić information content (AvgIpc) is 2.84. The third-order valence-corrected chi connectivity index (χ3v) is 3.73. The molecule has 0 N–H and O–H groups in total. The predicted molar refractivity (Wildman–Crippen MR) is 72.6 cm³/mol. The lowest BCUT2D eigenvalue weighted by atomic mass is 10.1. The first kappa shape index (κ1) is 14.9. The molecule has 20 heavy (non-hydrogen) atoms. The van der Waals surface area contributed by atoms with Crippen molar-refractivity contribution in [2.75, 3.05) is 27.4 Å². The first-order valence-corrected chi connectivity index (χ1v) is 6.62. The molecule has 0 saturated carbocycles. The van der Waals surface area contributed by atoms with Gasteiger partial charge in [-0.1, -0.05) is 0 Å². The summed E-state index contributed by atoms with van der Waals surface area (Å²) in [5, 5.41) is 8.90.